The van der Waals surface area contributed by atoms with E-state index in [4.69, 9.17) is 16.6 Å². The van der Waals surface area contributed by atoms with Crippen LogP contribution >= 0.6 is 11.6 Å². The Labute approximate surface area is 199 Å². The van der Waals surface area contributed by atoms with Crippen molar-refractivity contribution in [2.24, 2.45) is 0 Å². The zero-order valence-corrected chi connectivity index (χ0v) is 19.7. The number of amides is 2. The van der Waals surface area contributed by atoms with Crippen LogP contribution in [0.1, 0.15) is 44.1 Å². The first-order valence-corrected chi connectivity index (χ1v) is 12.2. The van der Waals surface area contributed by atoms with Gasteiger partial charge >= 0.3 is 6.03 Å². The lowest BCUT2D eigenvalue weighted by Gasteiger charge is -2.43. The van der Waals surface area contributed by atoms with Gasteiger partial charge in [0.05, 0.1) is 29.4 Å². The number of nitrogens with one attached hydrogen (secondary N) is 1. The molecule has 1 aliphatic carbocycles. The maximum atomic E-state index is 13.9. The number of aromatic nitrogens is 2. The van der Waals surface area contributed by atoms with Crippen LogP contribution < -0.4 is 15.1 Å². The van der Waals surface area contributed by atoms with E-state index in [9.17, 15) is 9.90 Å². The summed E-state index contributed by atoms with van der Waals surface area (Å²) in [7, 11) is 2.10. The third kappa shape index (κ3) is 4.65. The van der Waals surface area contributed by atoms with Gasteiger partial charge in [-0.2, -0.15) is 4.98 Å². The van der Waals surface area contributed by atoms with Crippen LogP contribution in [0.25, 0.3) is 0 Å². The highest BCUT2D eigenvalue weighted by Gasteiger charge is 2.39. The van der Waals surface area contributed by atoms with Gasteiger partial charge < -0.3 is 15.3 Å². The van der Waals surface area contributed by atoms with E-state index in [2.05, 4.69) is 22.2 Å². The van der Waals surface area contributed by atoms with Crippen LogP contribution in [0.2, 0.25) is 5.02 Å². The van der Waals surface area contributed by atoms with E-state index < -0.39 is 0 Å². The topological polar surface area (TPSA) is 84.8 Å². The van der Waals surface area contributed by atoms with E-state index in [1.807, 2.05) is 35.4 Å². The molecule has 8 nitrogen and oxygen atoms in total. The summed E-state index contributed by atoms with van der Waals surface area (Å²) >= 11 is 6.47. The fourth-order valence-electron chi connectivity index (χ4n) is 5.19. The van der Waals surface area contributed by atoms with Crippen LogP contribution in [-0.4, -0.2) is 64.3 Å². The van der Waals surface area contributed by atoms with Crippen LogP contribution in [-0.2, 0) is 6.54 Å². The fraction of sp³-hybridized carbons (Fsp3) is 0.542. The van der Waals surface area contributed by atoms with E-state index in [0.29, 0.717) is 29.0 Å². The molecule has 1 aromatic heterocycles. The number of aliphatic hydroxyl groups is 1. The highest BCUT2D eigenvalue weighted by atomic mass is 35.5. The minimum absolute atomic E-state index is 0.0351. The van der Waals surface area contributed by atoms with Crippen molar-refractivity contribution in [1.82, 2.24) is 14.9 Å². The van der Waals surface area contributed by atoms with Crippen molar-refractivity contribution in [2.45, 2.75) is 63.3 Å². The van der Waals surface area contributed by atoms with Gasteiger partial charge in [-0.05, 0) is 64.3 Å². The molecule has 33 heavy (non-hydrogen) atoms. The molecule has 1 atom stereocenters. The zero-order chi connectivity index (χ0) is 22.9. The molecule has 1 aromatic carbocycles. The van der Waals surface area contributed by atoms with E-state index >= 15 is 0 Å². The monoisotopic (exact) mass is 470 g/mol. The fourth-order valence-corrected chi connectivity index (χ4v) is 5.42. The van der Waals surface area contributed by atoms with Crippen molar-refractivity contribution >= 4 is 35.1 Å². The molecular weight excluding hydrogens is 440 g/mol. The number of likely N-dealkylation sites (tertiary alicyclic amines) is 1. The molecular formula is C24H31ClN6O2. The molecule has 1 saturated carbocycles. The number of fused-ring (bicyclic) bond motifs is 1. The number of hydrogen-bond acceptors (Lipinski definition) is 6. The quantitative estimate of drug-likeness (QED) is 0.705. The standard InChI is InChI=1S/C24H31ClN6O2/c1-29-12-4-5-18(15-29)31-22-16(14-30(24(31)33)21-7-3-2-6-20(21)25)13-26-23(28-22)27-17-8-10-19(32)11-9-17/h2-3,6-7,13,17-19,32H,4-5,8-12,14-15H2,1H3,(H,26,27,28). The normalized spacial score (nSPS) is 26.3. The number of halogens is 1. The molecule has 5 rings (SSSR count). The summed E-state index contributed by atoms with van der Waals surface area (Å²) in [6.45, 7) is 2.21. The second kappa shape index (κ2) is 9.44. The summed E-state index contributed by atoms with van der Waals surface area (Å²) in [5.74, 6) is 1.24. The number of urea groups is 1. The van der Waals surface area contributed by atoms with Gasteiger partial charge in [-0.15, -0.1) is 0 Å². The van der Waals surface area contributed by atoms with Gasteiger partial charge in [0.2, 0.25) is 5.95 Å². The number of anilines is 3. The van der Waals surface area contributed by atoms with Crippen LogP contribution in [0, 0.1) is 0 Å². The summed E-state index contributed by atoms with van der Waals surface area (Å²) in [5, 5.41) is 13.8. The number of carbonyl (C=O) groups excluding carboxylic acids is 1. The van der Waals surface area contributed by atoms with Crippen LogP contribution in [0.3, 0.4) is 0 Å². The number of benzene rings is 1. The predicted octanol–water partition coefficient (Wildman–Crippen LogP) is 3.89. The number of nitrogens with zero attached hydrogens (tertiary/aromatic N) is 5. The number of aliphatic hydroxyl groups excluding tert-OH is 1. The van der Waals surface area contributed by atoms with Crippen LogP contribution in [0.4, 0.5) is 22.2 Å². The molecule has 3 heterocycles. The van der Waals surface area contributed by atoms with Gasteiger partial charge in [-0.3, -0.25) is 9.80 Å². The summed E-state index contributed by atoms with van der Waals surface area (Å²) in [5.41, 5.74) is 1.61. The third-order valence-electron chi connectivity index (χ3n) is 6.97. The number of hydrogen-bond donors (Lipinski definition) is 2. The second-order valence-electron chi connectivity index (χ2n) is 9.44. The van der Waals surface area contributed by atoms with E-state index in [1.54, 1.807) is 4.90 Å². The lowest BCUT2D eigenvalue weighted by molar-refractivity contribution is 0.126. The first-order valence-electron chi connectivity index (χ1n) is 11.8. The maximum Gasteiger partial charge on any atom is 0.330 e. The van der Waals surface area contributed by atoms with E-state index in [0.717, 1.165) is 57.2 Å². The number of carbonyl (C=O) groups is 1. The number of rotatable bonds is 4. The number of piperidine rings is 1. The van der Waals surface area contributed by atoms with E-state index in [1.165, 1.54) is 0 Å². The predicted molar refractivity (Wildman–Crippen MR) is 130 cm³/mol. The molecule has 0 spiro atoms. The Morgan fingerprint density at radius 3 is 2.70 bits per heavy atom. The number of para-hydroxylation sites is 1. The Morgan fingerprint density at radius 2 is 1.94 bits per heavy atom. The average molecular weight is 471 g/mol. The molecule has 2 amide bonds. The van der Waals surface area contributed by atoms with Crippen molar-refractivity contribution in [3.05, 3.63) is 41.0 Å². The third-order valence-corrected chi connectivity index (χ3v) is 7.29. The average Bonchev–Trinajstić information content (AvgIpc) is 2.81. The highest BCUT2D eigenvalue weighted by Crippen LogP contribution is 2.36. The maximum absolute atomic E-state index is 13.9. The molecule has 2 aliphatic heterocycles. The number of likely N-dealkylation sites (N-methyl/N-ethyl adjacent to an activating group) is 1. The molecule has 9 heteroatoms. The minimum Gasteiger partial charge on any atom is -0.393 e. The molecule has 2 N–H and O–H groups in total. The highest BCUT2D eigenvalue weighted by molar-refractivity contribution is 6.34. The summed E-state index contributed by atoms with van der Waals surface area (Å²) in [6.07, 6.45) is 6.93. The van der Waals surface area contributed by atoms with Crippen molar-refractivity contribution in [3.8, 4) is 0 Å². The first-order chi connectivity index (χ1) is 16.0. The Kier molecular flexibility index (Phi) is 6.40. The Morgan fingerprint density at radius 1 is 1.15 bits per heavy atom. The zero-order valence-electron chi connectivity index (χ0n) is 19.0. The van der Waals surface area contributed by atoms with Crippen LogP contribution in [0.15, 0.2) is 30.5 Å². The Balaban J connectivity index is 1.48. The molecule has 0 radical (unpaired) electrons. The van der Waals surface area contributed by atoms with Crippen molar-refractivity contribution in [1.29, 1.82) is 0 Å². The van der Waals surface area contributed by atoms with Crippen molar-refractivity contribution in [3.63, 3.8) is 0 Å². The van der Waals surface area contributed by atoms with Crippen molar-refractivity contribution in [2.75, 3.05) is 35.3 Å². The minimum atomic E-state index is -0.209. The first kappa shape index (κ1) is 22.4. The van der Waals surface area contributed by atoms with Gasteiger partial charge in [-0.25, -0.2) is 9.78 Å². The van der Waals surface area contributed by atoms with Crippen LogP contribution in [0.5, 0.6) is 0 Å². The smallest absolute Gasteiger partial charge is 0.330 e. The SMILES string of the molecule is CN1CCCC(N2C(=O)N(c3ccccc3Cl)Cc3cnc(NC4CCC(O)CC4)nc32)C1. The van der Waals surface area contributed by atoms with Gasteiger partial charge in [0.15, 0.2) is 0 Å². The Bertz CT molecular complexity index is 1010. The molecule has 0 bridgehead atoms. The Hall–Kier alpha value is -2.42. The summed E-state index contributed by atoms with van der Waals surface area (Å²) < 4.78 is 0. The van der Waals surface area contributed by atoms with E-state index in [-0.39, 0.29) is 24.2 Å². The van der Waals surface area contributed by atoms with Gasteiger partial charge in [0, 0.05) is 24.3 Å². The van der Waals surface area contributed by atoms with Crippen molar-refractivity contribution < 1.29 is 9.90 Å². The summed E-state index contributed by atoms with van der Waals surface area (Å²) in [6, 6.07) is 7.63. The van der Waals surface area contributed by atoms with Gasteiger partial charge in [0.1, 0.15) is 5.82 Å². The molecule has 2 aromatic rings. The molecule has 176 valence electrons. The molecule has 1 unspecified atom stereocenters. The second-order valence-corrected chi connectivity index (χ2v) is 9.85. The lowest BCUT2D eigenvalue weighted by Crippen LogP contribution is -2.56. The summed E-state index contributed by atoms with van der Waals surface area (Å²) in [4.78, 5) is 29.1. The lowest BCUT2D eigenvalue weighted by atomic mass is 9.93. The molecule has 2 fully saturated rings. The largest absolute Gasteiger partial charge is 0.393 e. The molecule has 1 saturated heterocycles. The molecule has 3 aliphatic rings. The van der Waals surface area contributed by atoms with Gasteiger partial charge in [-0.1, -0.05) is 23.7 Å². The van der Waals surface area contributed by atoms with Gasteiger partial charge in [0.25, 0.3) is 0 Å².